The summed E-state index contributed by atoms with van der Waals surface area (Å²) in [6.07, 6.45) is 5.08. The molecule has 10 heteroatoms. The van der Waals surface area contributed by atoms with Crippen molar-refractivity contribution in [2.45, 2.75) is 0 Å². The smallest absolute Gasteiger partial charge is 0.415 e. The second-order valence-electron chi connectivity index (χ2n) is 6.65. The molecule has 0 unspecified atom stereocenters. The number of aliphatic imine (C=N–C) groups is 1. The van der Waals surface area contributed by atoms with Crippen LogP contribution in [0.25, 0.3) is 22.8 Å². The Morgan fingerprint density at radius 2 is 2.00 bits per heavy atom. The van der Waals surface area contributed by atoms with Gasteiger partial charge in [-0.05, 0) is 24.3 Å². The fraction of sp³-hybridized carbons (Fsp3) is 0.143. The first-order chi connectivity index (χ1) is 15.1. The van der Waals surface area contributed by atoms with Crippen LogP contribution < -0.4 is 4.74 Å². The molecule has 1 aromatic carbocycles. The van der Waals surface area contributed by atoms with Gasteiger partial charge in [0.15, 0.2) is 0 Å². The number of nitrogens with zero attached hydrogens (tertiary/aromatic N) is 5. The second-order valence-corrected chi connectivity index (χ2v) is 6.65. The monoisotopic (exact) mass is 423 g/mol. The van der Waals surface area contributed by atoms with E-state index in [4.69, 9.17) is 13.9 Å². The summed E-state index contributed by atoms with van der Waals surface area (Å²) in [5.41, 5.74) is 3.41. The van der Waals surface area contributed by atoms with Gasteiger partial charge >= 0.3 is 6.08 Å². The van der Waals surface area contributed by atoms with Gasteiger partial charge in [-0.15, -0.1) is 5.10 Å². The van der Waals surface area contributed by atoms with Crippen LogP contribution in [0.3, 0.4) is 0 Å². The van der Waals surface area contributed by atoms with E-state index in [1.807, 2.05) is 18.3 Å². The Bertz CT molecular complexity index is 1340. The molecule has 0 atom stereocenters. The Morgan fingerprint density at radius 1 is 1.10 bits per heavy atom. The summed E-state index contributed by atoms with van der Waals surface area (Å²) in [4.78, 5) is 8.52. The zero-order valence-electron chi connectivity index (χ0n) is 16.2. The first kappa shape index (κ1) is 19.1. The van der Waals surface area contributed by atoms with Crippen molar-refractivity contribution in [2.75, 3.05) is 20.3 Å². The predicted octanol–water partition coefficient (Wildman–Crippen LogP) is 3.53. The van der Waals surface area contributed by atoms with Crippen LogP contribution in [0.4, 0.5) is 8.78 Å². The molecule has 1 aliphatic rings. The highest BCUT2D eigenvalue weighted by Gasteiger charge is 2.22. The van der Waals surface area contributed by atoms with Crippen molar-refractivity contribution in [3.8, 4) is 17.7 Å². The molecular formula is C21H15F2N5O3. The average Bonchev–Trinajstić information content (AvgIpc) is 3.36. The minimum Gasteiger partial charge on any atom is -0.447 e. The van der Waals surface area contributed by atoms with Crippen molar-refractivity contribution < 1.29 is 22.7 Å². The van der Waals surface area contributed by atoms with Gasteiger partial charge in [0.25, 0.3) is 5.89 Å². The Labute approximate surface area is 174 Å². The molecule has 156 valence electrons. The van der Waals surface area contributed by atoms with E-state index in [0.717, 1.165) is 17.2 Å². The van der Waals surface area contributed by atoms with Gasteiger partial charge in [0.1, 0.15) is 29.6 Å². The molecule has 31 heavy (non-hydrogen) atoms. The normalized spacial score (nSPS) is 13.1. The number of imidazole rings is 1. The molecule has 3 aromatic heterocycles. The maximum Gasteiger partial charge on any atom is 0.415 e. The lowest BCUT2D eigenvalue weighted by Gasteiger charge is -2.18. The molecule has 0 aliphatic carbocycles. The molecule has 5 rings (SSSR count). The minimum atomic E-state index is -0.666. The quantitative estimate of drug-likeness (QED) is 0.423. The number of allylic oxidation sites excluding steroid dienone is 1. The van der Waals surface area contributed by atoms with Crippen molar-refractivity contribution in [3.63, 3.8) is 0 Å². The number of ether oxygens (including phenoxy) is 2. The standard InChI is InChI=1S/C21H15F2N5O3/c1-29-6-7-30-21-27-26-20(31-21)17-10-24-18-5-2-12(11-28(17)18)15-9-25-19(15)14-4-3-13(22)8-16(14)23/h2-5,8-11H,6-7H2,1H3. The van der Waals surface area contributed by atoms with E-state index in [9.17, 15) is 8.78 Å². The summed E-state index contributed by atoms with van der Waals surface area (Å²) in [6.45, 7) is 0.677. The number of aromatic nitrogens is 4. The van der Waals surface area contributed by atoms with E-state index in [-0.39, 0.29) is 24.1 Å². The van der Waals surface area contributed by atoms with Gasteiger partial charge in [0, 0.05) is 42.3 Å². The molecule has 8 nitrogen and oxygen atoms in total. The van der Waals surface area contributed by atoms with E-state index in [0.29, 0.717) is 23.7 Å². The minimum absolute atomic E-state index is 0.0288. The second kappa shape index (κ2) is 7.73. The summed E-state index contributed by atoms with van der Waals surface area (Å²) in [5, 5.41) is 7.88. The van der Waals surface area contributed by atoms with Crippen molar-refractivity contribution >= 4 is 16.9 Å². The van der Waals surface area contributed by atoms with E-state index in [1.54, 1.807) is 23.9 Å². The van der Waals surface area contributed by atoms with E-state index in [2.05, 4.69) is 20.2 Å². The molecule has 0 bridgehead atoms. The van der Waals surface area contributed by atoms with E-state index < -0.39 is 11.6 Å². The number of pyridine rings is 1. The van der Waals surface area contributed by atoms with Gasteiger partial charge < -0.3 is 13.9 Å². The van der Waals surface area contributed by atoms with E-state index >= 15 is 0 Å². The lowest BCUT2D eigenvalue weighted by Crippen LogP contribution is -2.13. The predicted molar refractivity (Wildman–Crippen MR) is 107 cm³/mol. The third kappa shape index (κ3) is 3.46. The molecule has 0 saturated heterocycles. The fourth-order valence-electron chi connectivity index (χ4n) is 3.18. The summed E-state index contributed by atoms with van der Waals surface area (Å²) in [6, 6.07) is 7.08. The average molecular weight is 423 g/mol. The molecule has 0 radical (unpaired) electrons. The largest absolute Gasteiger partial charge is 0.447 e. The molecule has 0 fully saturated rings. The highest BCUT2D eigenvalue weighted by molar-refractivity contribution is 6.35. The summed E-state index contributed by atoms with van der Waals surface area (Å²) in [7, 11) is 1.57. The van der Waals surface area contributed by atoms with Crippen LogP contribution >= 0.6 is 0 Å². The van der Waals surface area contributed by atoms with Crippen LogP contribution in [0, 0.1) is 11.6 Å². The zero-order chi connectivity index (χ0) is 21.4. The number of fused-ring (bicyclic) bond motifs is 1. The highest BCUT2D eigenvalue weighted by Crippen LogP contribution is 2.30. The van der Waals surface area contributed by atoms with Gasteiger partial charge in [-0.25, -0.2) is 13.8 Å². The Morgan fingerprint density at radius 3 is 2.77 bits per heavy atom. The summed E-state index contributed by atoms with van der Waals surface area (Å²) >= 11 is 0. The van der Waals surface area contributed by atoms with Crippen LogP contribution in [0.1, 0.15) is 11.1 Å². The molecule has 0 saturated carbocycles. The van der Waals surface area contributed by atoms with Crippen LogP contribution in [-0.2, 0) is 4.74 Å². The number of hydrogen-bond donors (Lipinski definition) is 0. The first-order valence-corrected chi connectivity index (χ1v) is 9.31. The third-order valence-electron chi connectivity index (χ3n) is 4.72. The molecule has 4 heterocycles. The Hall–Kier alpha value is -3.92. The van der Waals surface area contributed by atoms with Crippen LogP contribution in [0.15, 0.2) is 58.3 Å². The molecule has 4 aromatic rings. The zero-order valence-corrected chi connectivity index (χ0v) is 16.2. The SMILES string of the molecule is COCCOc1nnc(-c2cnc3ccc(C4=CN=C4c4ccc(F)cc4F)cn23)o1. The lowest BCUT2D eigenvalue weighted by molar-refractivity contribution is 0.126. The molecular weight excluding hydrogens is 408 g/mol. The van der Waals surface area contributed by atoms with Gasteiger partial charge in [0.05, 0.1) is 18.5 Å². The number of halogens is 2. The molecule has 0 amide bonds. The van der Waals surface area contributed by atoms with Crippen LogP contribution in [0.2, 0.25) is 0 Å². The Kier molecular flexibility index (Phi) is 4.75. The Balaban J connectivity index is 1.45. The third-order valence-corrected chi connectivity index (χ3v) is 4.72. The number of methoxy groups -OCH3 is 1. The maximum atomic E-state index is 14.2. The highest BCUT2D eigenvalue weighted by atomic mass is 19.1. The van der Waals surface area contributed by atoms with Crippen molar-refractivity contribution in [1.29, 1.82) is 0 Å². The van der Waals surface area contributed by atoms with Gasteiger partial charge in [-0.1, -0.05) is 5.10 Å². The molecule has 0 N–H and O–H groups in total. The topological polar surface area (TPSA) is 87.0 Å². The number of rotatable bonds is 7. The summed E-state index contributed by atoms with van der Waals surface area (Å²) < 4.78 is 45.0. The fourth-order valence-corrected chi connectivity index (χ4v) is 3.18. The number of hydrogen-bond acceptors (Lipinski definition) is 7. The van der Waals surface area contributed by atoms with Gasteiger partial charge in [-0.2, -0.15) is 0 Å². The summed E-state index contributed by atoms with van der Waals surface area (Å²) in [5.74, 6) is -1.07. The maximum absolute atomic E-state index is 14.2. The van der Waals surface area contributed by atoms with Crippen LogP contribution in [-0.4, -0.2) is 45.6 Å². The van der Waals surface area contributed by atoms with Crippen molar-refractivity contribution in [3.05, 3.63) is 71.7 Å². The van der Waals surface area contributed by atoms with Crippen molar-refractivity contribution in [1.82, 2.24) is 19.6 Å². The van der Waals surface area contributed by atoms with E-state index in [1.165, 1.54) is 12.1 Å². The molecule has 0 spiro atoms. The van der Waals surface area contributed by atoms with Crippen molar-refractivity contribution in [2.24, 2.45) is 4.99 Å². The van der Waals surface area contributed by atoms with Gasteiger partial charge in [0.2, 0.25) is 0 Å². The molecule has 1 aliphatic heterocycles. The number of benzene rings is 1. The van der Waals surface area contributed by atoms with Crippen LogP contribution in [0.5, 0.6) is 6.08 Å². The van der Waals surface area contributed by atoms with Gasteiger partial charge in [-0.3, -0.25) is 9.39 Å². The first-order valence-electron chi connectivity index (χ1n) is 9.31. The lowest BCUT2D eigenvalue weighted by atomic mass is 9.94.